The summed E-state index contributed by atoms with van der Waals surface area (Å²) in [6.45, 7) is 8.30. The first kappa shape index (κ1) is 23.5. The normalized spacial score (nSPS) is 16.1. The lowest BCUT2D eigenvalue weighted by atomic mass is 9.99. The molecule has 1 amide bonds. The van der Waals surface area contributed by atoms with Gasteiger partial charge in [0.2, 0.25) is 0 Å². The van der Waals surface area contributed by atoms with Gasteiger partial charge >= 0.3 is 5.97 Å². The summed E-state index contributed by atoms with van der Waals surface area (Å²) < 4.78 is 0. The molecule has 1 atom stereocenters. The quantitative estimate of drug-likeness (QED) is 0.344. The number of carboxylic acids is 1. The Labute approximate surface area is 191 Å². The van der Waals surface area contributed by atoms with Crippen molar-refractivity contribution in [3.63, 3.8) is 0 Å². The van der Waals surface area contributed by atoms with Gasteiger partial charge in [-0.25, -0.2) is 4.79 Å². The summed E-state index contributed by atoms with van der Waals surface area (Å²) in [4.78, 5) is 38.6. The molecular weight excluding hydrogens is 428 g/mol. The van der Waals surface area contributed by atoms with Crippen LogP contribution >= 0.6 is 11.8 Å². The third-order valence-electron chi connectivity index (χ3n) is 5.57. The largest absolute Gasteiger partial charge is 0.480 e. The fourth-order valence-electron chi connectivity index (χ4n) is 3.83. The van der Waals surface area contributed by atoms with Gasteiger partial charge in [0, 0.05) is 23.1 Å². The lowest BCUT2D eigenvalue weighted by Crippen LogP contribution is -2.48. The summed E-state index contributed by atoms with van der Waals surface area (Å²) in [5, 5.41) is 21.3. The Morgan fingerprint density at radius 3 is 2.56 bits per heavy atom. The van der Waals surface area contributed by atoms with E-state index in [0.717, 1.165) is 16.9 Å². The van der Waals surface area contributed by atoms with E-state index < -0.39 is 22.8 Å². The van der Waals surface area contributed by atoms with E-state index in [4.69, 9.17) is 0 Å². The number of nitrogens with zero attached hydrogens (tertiary/aromatic N) is 2. The molecule has 32 heavy (non-hydrogen) atoms. The van der Waals surface area contributed by atoms with Crippen LogP contribution in [0, 0.1) is 10.1 Å². The lowest BCUT2D eigenvalue weighted by molar-refractivity contribution is -0.387. The number of benzene rings is 2. The predicted octanol–water partition coefficient (Wildman–Crippen LogP) is 5.35. The Kier molecular flexibility index (Phi) is 7.35. The third kappa shape index (κ3) is 5.02. The number of carbonyl (C=O) groups is 2. The highest BCUT2D eigenvalue weighted by molar-refractivity contribution is 7.99. The summed E-state index contributed by atoms with van der Waals surface area (Å²) >= 11 is 1.31. The van der Waals surface area contributed by atoms with Gasteiger partial charge in [0.05, 0.1) is 9.82 Å². The van der Waals surface area contributed by atoms with Gasteiger partial charge in [-0.1, -0.05) is 56.5 Å². The van der Waals surface area contributed by atoms with Gasteiger partial charge in [-0.15, -0.1) is 0 Å². The Morgan fingerprint density at radius 2 is 1.91 bits per heavy atom. The maximum absolute atomic E-state index is 13.0. The fourth-order valence-corrected chi connectivity index (χ4v) is 5.01. The molecule has 0 bridgehead atoms. The zero-order valence-corrected chi connectivity index (χ0v) is 18.9. The molecule has 0 saturated carbocycles. The van der Waals surface area contributed by atoms with Crippen LogP contribution in [0.2, 0.25) is 0 Å². The Hall–Kier alpha value is -3.13. The maximum atomic E-state index is 13.0. The number of rotatable bonds is 7. The smallest absolute Gasteiger partial charge is 0.326 e. The second kappa shape index (κ2) is 9.99. The van der Waals surface area contributed by atoms with E-state index in [1.54, 1.807) is 12.1 Å². The van der Waals surface area contributed by atoms with E-state index in [1.165, 1.54) is 22.7 Å². The Bertz CT molecular complexity index is 1070. The van der Waals surface area contributed by atoms with Crippen molar-refractivity contribution in [1.29, 1.82) is 0 Å². The van der Waals surface area contributed by atoms with E-state index in [1.807, 2.05) is 24.3 Å². The second-order valence-corrected chi connectivity index (χ2v) is 9.14. The monoisotopic (exact) mass is 454 g/mol. The van der Waals surface area contributed by atoms with Crippen molar-refractivity contribution in [3.05, 3.63) is 70.3 Å². The van der Waals surface area contributed by atoms with Crippen LogP contribution in [0.1, 0.15) is 50.2 Å². The molecule has 0 aromatic heterocycles. The Balaban J connectivity index is 1.90. The maximum Gasteiger partial charge on any atom is 0.326 e. The van der Waals surface area contributed by atoms with Crippen LogP contribution in [-0.4, -0.2) is 39.4 Å². The first-order chi connectivity index (χ1) is 15.2. The molecule has 2 aromatic carbocycles. The van der Waals surface area contributed by atoms with Crippen LogP contribution in [0.25, 0.3) is 5.57 Å². The van der Waals surface area contributed by atoms with Crippen molar-refractivity contribution in [1.82, 2.24) is 4.90 Å². The van der Waals surface area contributed by atoms with Crippen LogP contribution in [0.15, 0.2) is 58.8 Å². The summed E-state index contributed by atoms with van der Waals surface area (Å²) in [6, 6.07) is 11.5. The number of nitro groups is 1. The van der Waals surface area contributed by atoms with Crippen LogP contribution < -0.4 is 0 Å². The zero-order valence-electron chi connectivity index (χ0n) is 18.1. The van der Waals surface area contributed by atoms with E-state index >= 15 is 0 Å². The molecule has 0 aliphatic carbocycles. The van der Waals surface area contributed by atoms with Gasteiger partial charge in [0.25, 0.3) is 11.6 Å². The third-order valence-corrected chi connectivity index (χ3v) is 6.73. The number of likely N-dealkylation sites (tertiary alicyclic amines) is 1. The standard InChI is InChI=1S/C24H26N2O5S/c1-15(2)18-8-4-5-10-21(18)32-22-12-11-17(14-20(22)26(30)31)16(3)23(27)25-13-7-6-9-19(25)24(28)29/h4-5,8,10-12,14-15,19H,3,6-7,9,13H2,1-2H3,(H,28,29). The van der Waals surface area contributed by atoms with Gasteiger partial charge in [-0.2, -0.15) is 0 Å². The molecule has 1 aliphatic heterocycles. The molecule has 1 aliphatic rings. The van der Waals surface area contributed by atoms with Gasteiger partial charge in [-0.3, -0.25) is 14.9 Å². The highest BCUT2D eigenvalue weighted by Gasteiger charge is 2.33. The van der Waals surface area contributed by atoms with Crippen LogP contribution in [0.4, 0.5) is 5.69 Å². The van der Waals surface area contributed by atoms with Crippen molar-refractivity contribution < 1.29 is 19.6 Å². The molecule has 1 fully saturated rings. The van der Waals surface area contributed by atoms with Crippen LogP contribution in [0.5, 0.6) is 0 Å². The van der Waals surface area contributed by atoms with Gasteiger partial charge in [0.15, 0.2) is 0 Å². The summed E-state index contributed by atoms with van der Waals surface area (Å²) in [5.74, 6) is -1.29. The van der Waals surface area contributed by atoms with E-state index in [9.17, 15) is 24.8 Å². The number of amides is 1. The van der Waals surface area contributed by atoms with Crippen molar-refractivity contribution in [3.8, 4) is 0 Å². The number of hydrogen-bond donors (Lipinski definition) is 1. The van der Waals surface area contributed by atoms with Crippen LogP contribution in [0.3, 0.4) is 0 Å². The van der Waals surface area contributed by atoms with Crippen molar-refractivity contribution >= 4 is 34.9 Å². The van der Waals surface area contributed by atoms with E-state index in [-0.39, 0.29) is 17.2 Å². The number of hydrogen-bond acceptors (Lipinski definition) is 5. The Morgan fingerprint density at radius 1 is 1.19 bits per heavy atom. The highest BCUT2D eigenvalue weighted by atomic mass is 32.2. The molecule has 168 valence electrons. The number of piperidine rings is 1. The molecule has 1 unspecified atom stereocenters. The molecule has 3 rings (SSSR count). The van der Waals surface area contributed by atoms with Crippen molar-refractivity contribution in [2.75, 3.05) is 6.54 Å². The second-order valence-electron chi connectivity index (χ2n) is 8.06. The first-order valence-corrected chi connectivity index (χ1v) is 11.3. The lowest BCUT2D eigenvalue weighted by Gasteiger charge is -2.33. The molecule has 2 aromatic rings. The van der Waals surface area contributed by atoms with Gasteiger partial charge in [0.1, 0.15) is 6.04 Å². The molecule has 1 heterocycles. The van der Waals surface area contributed by atoms with Gasteiger partial charge in [-0.05, 0) is 48.4 Å². The van der Waals surface area contributed by atoms with Crippen LogP contribution in [-0.2, 0) is 9.59 Å². The van der Waals surface area contributed by atoms with E-state index in [2.05, 4.69) is 20.4 Å². The zero-order chi connectivity index (χ0) is 23.4. The summed E-state index contributed by atoms with van der Waals surface area (Å²) in [5.41, 5.74) is 1.35. The molecule has 1 N–H and O–H groups in total. The average molecular weight is 455 g/mol. The highest BCUT2D eigenvalue weighted by Crippen LogP contribution is 2.39. The fraction of sp³-hybridized carbons (Fsp3) is 0.333. The number of aliphatic carboxylic acids is 1. The molecule has 0 spiro atoms. The number of nitro benzene ring substituents is 1. The number of carboxylic acid groups (broad SMARTS) is 1. The SMILES string of the molecule is C=C(C(=O)N1CCCCC1C(=O)O)c1ccc(Sc2ccccc2C(C)C)c([N+](=O)[O-])c1. The molecule has 1 saturated heterocycles. The van der Waals surface area contributed by atoms with Crippen molar-refractivity contribution in [2.24, 2.45) is 0 Å². The van der Waals surface area contributed by atoms with Gasteiger partial charge < -0.3 is 10.0 Å². The minimum absolute atomic E-state index is 0.0559. The first-order valence-electron chi connectivity index (χ1n) is 10.5. The minimum atomic E-state index is -1.05. The number of carbonyl (C=O) groups excluding carboxylic acids is 1. The summed E-state index contributed by atoms with van der Waals surface area (Å²) in [6.07, 6.45) is 1.84. The molecule has 7 nitrogen and oxygen atoms in total. The average Bonchev–Trinajstić information content (AvgIpc) is 2.78. The molecule has 8 heteroatoms. The van der Waals surface area contributed by atoms with Crippen molar-refractivity contribution in [2.45, 2.75) is 54.9 Å². The predicted molar refractivity (Wildman–Crippen MR) is 124 cm³/mol. The molecule has 0 radical (unpaired) electrons. The minimum Gasteiger partial charge on any atom is -0.480 e. The summed E-state index contributed by atoms with van der Waals surface area (Å²) in [7, 11) is 0. The topological polar surface area (TPSA) is 101 Å². The molecular formula is C24H26N2O5S. The van der Waals surface area contributed by atoms with E-state index in [0.29, 0.717) is 29.8 Å².